The van der Waals surface area contributed by atoms with Crippen LogP contribution in [0.25, 0.3) is 0 Å². The first-order valence-electron chi connectivity index (χ1n) is 15.4. The number of hydrogen-bond donors (Lipinski definition) is 1. The summed E-state index contributed by atoms with van der Waals surface area (Å²) in [5.41, 5.74) is 0.999. The van der Waals surface area contributed by atoms with Crippen LogP contribution in [0, 0.1) is 16.7 Å². The molecular formula is C33H51N3O4. The molecule has 2 atom stereocenters. The number of ether oxygens (including phenoxy) is 1. The Labute approximate surface area is 241 Å². The number of aliphatic imine (C=N–C) groups is 1. The number of amides is 1. The van der Waals surface area contributed by atoms with Crippen LogP contribution in [0.1, 0.15) is 122 Å². The van der Waals surface area contributed by atoms with Gasteiger partial charge in [-0.2, -0.15) is 0 Å². The maximum absolute atomic E-state index is 14.6. The molecule has 7 heteroatoms. The van der Waals surface area contributed by atoms with Gasteiger partial charge in [0.15, 0.2) is 5.84 Å². The lowest BCUT2D eigenvalue weighted by molar-refractivity contribution is -0.134. The molecule has 4 rings (SSSR count). The molecule has 3 aliphatic rings. The summed E-state index contributed by atoms with van der Waals surface area (Å²) in [4.78, 5) is 35.8. The largest absolute Gasteiger partial charge is 0.478 e. The topological polar surface area (TPSA) is 82.4 Å². The van der Waals surface area contributed by atoms with Crippen molar-refractivity contribution < 1.29 is 19.4 Å². The number of likely N-dealkylation sites (tertiary alicyclic amines) is 1. The van der Waals surface area contributed by atoms with Crippen LogP contribution in [0.2, 0.25) is 0 Å². The Bertz CT molecular complexity index is 1070. The van der Waals surface area contributed by atoms with Gasteiger partial charge in [0.05, 0.1) is 17.7 Å². The highest BCUT2D eigenvalue weighted by molar-refractivity contribution is 6.39. The van der Waals surface area contributed by atoms with Crippen molar-refractivity contribution in [1.82, 2.24) is 9.80 Å². The fourth-order valence-corrected chi connectivity index (χ4v) is 6.90. The molecule has 1 aromatic carbocycles. The van der Waals surface area contributed by atoms with Gasteiger partial charge in [0.1, 0.15) is 5.66 Å². The van der Waals surface area contributed by atoms with Gasteiger partial charge in [-0.3, -0.25) is 4.79 Å². The lowest BCUT2D eigenvalue weighted by Gasteiger charge is -2.47. The summed E-state index contributed by atoms with van der Waals surface area (Å²) in [5.74, 6) is 0.273. The average molecular weight is 554 g/mol. The van der Waals surface area contributed by atoms with Crippen LogP contribution in [0.4, 0.5) is 0 Å². The third kappa shape index (κ3) is 6.72. The second-order valence-corrected chi connectivity index (χ2v) is 14.4. The number of aromatic carboxylic acids is 1. The van der Waals surface area contributed by atoms with Gasteiger partial charge in [-0.15, -0.1) is 0 Å². The molecule has 0 radical (unpaired) electrons. The number of carbonyl (C=O) groups excluding carboxylic acids is 1. The van der Waals surface area contributed by atoms with E-state index in [1.165, 1.54) is 0 Å². The number of hydrogen-bond acceptors (Lipinski definition) is 5. The van der Waals surface area contributed by atoms with Crippen LogP contribution < -0.4 is 0 Å². The summed E-state index contributed by atoms with van der Waals surface area (Å²) in [6.07, 6.45) is 7.64. The summed E-state index contributed by atoms with van der Waals surface area (Å²) in [6, 6.07) is 6.98. The van der Waals surface area contributed by atoms with Crippen molar-refractivity contribution >= 4 is 17.7 Å². The zero-order valence-electron chi connectivity index (χ0n) is 25.8. The van der Waals surface area contributed by atoms with Crippen LogP contribution in [0.15, 0.2) is 29.3 Å². The van der Waals surface area contributed by atoms with Crippen LogP contribution in [-0.4, -0.2) is 64.1 Å². The van der Waals surface area contributed by atoms with E-state index in [9.17, 15) is 14.7 Å². The highest BCUT2D eigenvalue weighted by Crippen LogP contribution is 2.50. The number of nitrogens with zero attached hydrogens (tertiary/aromatic N) is 3. The first kappa shape index (κ1) is 30.5. The zero-order valence-corrected chi connectivity index (χ0v) is 25.8. The minimum absolute atomic E-state index is 0.0209. The second-order valence-electron chi connectivity index (χ2n) is 14.4. The normalized spacial score (nSPS) is 26.8. The smallest absolute Gasteiger partial charge is 0.335 e. The Morgan fingerprint density at radius 1 is 1.10 bits per heavy atom. The van der Waals surface area contributed by atoms with E-state index in [0.29, 0.717) is 24.9 Å². The number of benzene rings is 1. The van der Waals surface area contributed by atoms with E-state index >= 15 is 0 Å². The summed E-state index contributed by atoms with van der Waals surface area (Å²) >= 11 is 0. The van der Waals surface area contributed by atoms with Crippen LogP contribution in [-0.2, 0) is 9.53 Å². The number of carbonyl (C=O) groups is 2. The van der Waals surface area contributed by atoms with Crippen molar-refractivity contribution in [1.29, 1.82) is 0 Å². The molecule has 1 amide bonds. The molecule has 1 saturated heterocycles. The summed E-state index contributed by atoms with van der Waals surface area (Å²) in [6.45, 7) is 17.9. The van der Waals surface area contributed by atoms with Crippen molar-refractivity contribution in [3.63, 3.8) is 0 Å². The fourth-order valence-electron chi connectivity index (χ4n) is 6.90. The van der Waals surface area contributed by atoms with Gasteiger partial charge in [0, 0.05) is 19.7 Å². The van der Waals surface area contributed by atoms with Crippen molar-refractivity contribution in [2.75, 3.05) is 19.7 Å². The van der Waals surface area contributed by atoms with Crippen LogP contribution >= 0.6 is 0 Å². The van der Waals surface area contributed by atoms with Gasteiger partial charge in [0.25, 0.3) is 5.91 Å². The van der Waals surface area contributed by atoms with Crippen LogP contribution in [0.5, 0.6) is 0 Å². The lowest BCUT2D eigenvalue weighted by Crippen LogP contribution is -2.53. The number of carboxylic acids is 1. The monoisotopic (exact) mass is 553 g/mol. The zero-order chi connectivity index (χ0) is 29.3. The quantitative estimate of drug-likeness (QED) is 0.396. The highest BCUT2D eigenvalue weighted by atomic mass is 16.5. The first-order valence-corrected chi connectivity index (χ1v) is 15.4. The predicted molar refractivity (Wildman–Crippen MR) is 159 cm³/mol. The van der Waals surface area contributed by atoms with Gasteiger partial charge in [-0.25, -0.2) is 9.79 Å². The van der Waals surface area contributed by atoms with Crippen molar-refractivity contribution in [3.05, 3.63) is 35.4 Å². The molecule has 2 heterocycles. The molecule has 40 heavy (non-hydrogen) atoms. The Balaban J connectivity index is 1.74. The molecule has 0 aromatic heterocycles. The van der Waals surface area contributed by atoms with E-state index in [0.717, 1.165) is 63.5 Å². The fraction of sp³-hybridized carbons (Fsp3) is 0.727. The Morgan fingerprint density at radius 2 is 1.75 bits per heavy atom. The van der Waals surface area contributed by atoms with E-state index < -0.39 is 11.6 Å². The molecule has 0 bridgehead atoms. The molecule has 1 aliphatic carbocycles. The van der Waals surface area contributed by atoms with Gasteiger partial charge in [0.2, 0.25) is 0 Å². The van der Waals surface area contributed by atoms with Crippen molar-refractivity contribution in [3.8, 4) is 0 Å². The number of carboxylic acid groups (broad SMARTS) is 1. The van der Waals surface area contributed by atoms with Crippen molar-refractivity contribution in [2.24, 2.45) is 21.7 Å². The Hall–Kier alpha value is -2.41. The maximum atomic E-state index is 14.6. The molecule has 2 fully saturated rings. The standard InChI is InChI=1S/C33H51N3O4/c1-8-40-26-10-9-21-35(22-26)28-29(37)36(33(34-28)19-15-25(16-20-33)32(5,6)7)27(17-18-31(2,3)4)23-11-13-24(14-12-23)30(38)39/h11-14,25-27H,8-10,15-22H2,1-7H3,(H,38,39)/t25?,26?,27-,33?/m1/s1. The van der Waals surface area contributed by atoms with Gasteiger partial charge in [-0.05, 0) is 92.7 Å². The molecule has 1 aromatic rings. The molecule has 1 N–H and O–H groups in total. The number of piperidine rings is 1. The van der Waals surface area contributed by atoms with Crippen molar-refractivity contribution in [2.45, 2.75) is 118 Å². The number of amidine groups is 1. The van der Waals surface area contributed by atoms with Gasteiger partial charge in [-0.1, -0.05) is 53.7 Å². The molecule has 1 saturated carbocycles. The number of rotatable bonds is 7. The third-order valence-electron chi connectivity index (χ3n) is 9.29. The second kappa shape index (κ2) is 11.8. The van der Waals surface area contributed by atoms with E-state index in [2.05, 4.69) is 51.3 Å². The first-order chi connectivity index (χ1) is 18.7. The summed E-state index contributed by atoms with van der Waals surface area (Å²) in [7, 11) is 0. The SMILES string of the molecule is CCOC1CCCN(C2=NC3(CCC(C(C)(C)C)CC3)N([C@H](CCC(C)(C)C)c3ccc(C(=O)O)cc3)C2=O)C1. The molecule has 1 spiro atoms. The Kier molecular flexibility index (Phi) is 9.03. The molecule has 222 valence electrons. The molecule has 2 aliphatic heterocycles. The highest BCUT2D eigenvalue weighted by Gasteiger charge is 2.54. The van der Waals surface area contributed by atoms with Gasteiger partial charge < -0.3 is 19.6 Å². The molecule has 1 unspecified atom stereocenters. The van der Waals surface area contributed by atoms with E-state index in [1.807, 2.05) is 19.1 Å². The van der Waals surface area contributed by atoms with Crippen LogP contribution in [0.3, 0.4) is 0 Å². The summed E-state index contributed by atoms with van der Waals surface area (Å²) < 4.78 is 5.98. The maximum Gasteiger partial charge on any atom is 0.335 e. The minimum atomic E-state index is -0.938. The lowest BCUT2D eigenvalue weighted by atomic mass is 9.69. The van der Waals surface area contributed by atoms with Gasteiger partial charge >= 0.3 is 5.97 Å². The third-order valence-corrected chi connectivity index (χ3v) is 9.29. The average Bonchev–Trinajstić information content (AvgIpc) is 3.15. The summed E-state index contributed by atoms with van der Waals surface area (Å²) in [5, 5.41) is 9.51. The molecular weight excluding hydrogens is 502 g/mol. The van der Waals surface area contributed by atoms with E-state index in [-0.39, 0.29) is 34.4 Å². The van der Waals surface area contributed by atoms with E-state index in [4.69, 9.17) is 9.73 Å². The predicted octanol–water partition coefficient (Wildman–Crippen LogP) is 6.93. The minimum Gasteiger partial charge on any atom is -0.478 e. The molecule has 7 nitrogen and oxygen atoms in total. The Morgan fingerprint density at radius 3 is 2.30 bits per heavy atom. The van der Waals surface area contributed by atoms with E-state index in [1.54, 1.807) is 12.1 Å².